The highest BCUT2D eigenvalue weighted by atomic mass is 16.5. The molecule has 1 aliphatic rings. The molecule has 0 aliphatic carbocycles. The van der Waals surface area contributed by atoms with E-state index in [0.29, 0.717) is 5.71 Å². The Bertz CT molecular complexity index is 863. The Morgan fingerprint density at radius 1 is 1.19 bits per heavy atom. The smallest absolute Gasteiger partial charge is 0.230 e. The molecule has 0 radical (unpaired) electrons. The highest BCUT2D eigenvalue weighted by molar-refractivity contribution is 6.01. The summed E-state index contributed by atoms with van der Waals surface area (Å²) in [7, 11) is 1.68. The van der Waals surface area contributed by atoms with E-state index in [4.69, 9.17) is 18.9 Å². The van der Waals surface area contributed by atoms with Gasteiger partial charge in [0.25, 0.3) is 0 Å². The second-order valence-electron chi connectivity index (χ2n) is 6.10. The quantitative estimate of drug-likeness (QED) is 0.676. The van der Waals surface area contributed by atoms with Crippen LogP contribution in [0.4, 0.5) is 0 Å². The number of benzene rings is 1. The van der Waals surface area contributed by atoms with Crippen LogP contribution in [0.1, 0.15) is 26.3 Å². The topological polar surface area (TPSA) is 44.5 Å². The lowest BCUT2D eigenvalue weighted by Gasteiger charge is -2.23. The average molecular weight is 283 g/mol. The molecule has 1 atom stereocenters. The molecule has 4 nitrogen and oxygen atoms in total. The largest absolute Gasteiger partial charge is 0.495 e. The predicted octanol–water partition coefficient (Wildman–Crippen LogP) is 4.05. The second kappa shape index (κ2) is 3.91. The van der Waals surface area contributed by atoms with Crippen LogP contribution in [0.2, 0.25) is 0 Å². The van der Waals surface area contributed by atoms with Crippen molar-refractivity contribution >= 4 is 22.0 Å². The van der Waals surface area contributed by atoms with Crippen molar-refractivity contribution in [3.8, 4) is 11.5 Å². The fourth-order valence-electron chi connectivity index (χ4n) is 3.16. The fourth-order valence-corrected chi connectivity index (χ4v) is 3.16. The molecule has 21 heavy (non-hydrogen) atoms. The summed E-state index contributed by atoms with van der Waals surface area (Å²) >= 11 is 0. The molecule has 2 aromatic heterocycles. The molecule has 1 aliphatic heterocycles. The van der Waals surface area contributed by atoms with Crippen LogP contribution in [-0.2, 0) is 5.41 Å². The first-order valence-corrected chi connectivity index (χ1v) is 7.09. The van der Waals surface area contributed by atoms with Gasteiger partial charge in [0, 0.05) is 16.4 Å². The Balaban J connectivity index is 2.19. The van der Waals surface area contributed by atoms with Gasteiger partial charge in [0.05, 0.1) is 24.3 Å². The van der Waals surface area contributed by atoms with Crippen molar-refractivity contribution in [2.24, 2.45) is 0 Å². The summed E-state index contributed by atoms with van der Waals surface area (Å²) in [5, 5.41) is 1.89. The molecular formula is C17H17NO3. The lowest BCUT2D eigenvalue weighted by Crippen LogP contribution is -2.29. The van der Waals surface area contributed by atoms with Crippen molar-refractivity contribution in [1.82, 2.24) is 4.98 Å². The van der Waals surface area contributed by atoms with E-state index < -0.39 is 0 Å². The third-order valence-corrected chi connectivity index (χ3v) is 4.66. The maximum atomic E-state index is 5.99. The van der Waals surface area contributed by atoms with Crippen molar-refractivity contribution in [2.75, 3.05) is 7.11 Å². The summed E-state index contributed by atoms with van der Waals surface area (Å²) in [6, 6.07) is 5.91. The minimum atomic E-state index is -0.104. The van der Waals surface area contributed by atoms with Gasteiger partial charge in [-0.05, 0) is 25.1 Å². The van der Waals surface area contributed by atoms with Crippen LogP contribution < -0.4 is 9.47 Å². The average Bonchev–Trinajstić information content (AvgIpc) is 2.99. The Hall–Kier alpha value is -2.23. The van der Waals surface area contributed by atoms with Crippen molar-refractivity contribution in [3.05, 3.63) is 30.0 Å². The van der Waals surface area contributed by atoms with Crippen molar-refractivity contribution in [2.45, 2.75) is 32.3 Å². The Morgan fingerprint density at radius 2 is 2.00 bits per heavy atom. The molecule has 0 N–H and O–H groups in total. The summed E-state index contributed by atoms with van der Waals surface area (Å²) in [4.78, 5) is 4.72. The molecular weight excluding hydrogens is 266 g/mol. The van der Waals surface area contributed by atoms with E-state index in [-0.39, 0.29) is 11.5 Å². The maximum Gasteiger partial charge on any atom is 0.230 e. The normalized spacial score (nSPS) is 19.7. The van der Waals surface area contributed by atoms with E-state index in [1.54, 1.807) is 13.4 Å². The van der Waals surface area contributed by atoms with Gasteiger partial charge >= 0.3 is 0 Å². The van der Waals surface area contributed by atoms with Crippen molar-refractivity contribution in [3.63, 3.8) is 0 Å². The number of furan rings is 1. The van der Waals surface area contributed by atoms with E-state index in [9.17, 15) is 0 Å². The fraction of sp³-hybridized carbons (Fsp3) is 0.353. The predicted molar refractivity (Wildman–Crippen MR) is 81.2 cm³/mol. The van der Waals surface area contributed by atoms with Crippen LogP contribution in [0.25, 0.3) is 22.0 Å². The number of aromatic nitrogens is 1. The van der Waals surface area contributed by atoms with Crippen molar-refractivity contribution in [1.29, 1.82) is 0 Å². The minimum absolute atomic E-state index is 0.104. The van der Waals surface area contributed by atoms with E-state index >= 15 is 0 Å². The van der Waals surface area contributed by atoms with E-state index in [1.807, 2.05) is 18.2 Å². The molecule has 0 spiro atoms. The standard InChI is InChI=1S/C17H17NO3/c1-9-17(2,3)13-12(21-9)6-5-10-14(13)18-16-11(7-8-20-16)15(10)19-4/h5-9H,1-4H3/t9-/m0/s1. The summed E-state index contributed by atoms with van der Waals surface area (Å²) in [5.41, 5.74) is 2.53. The summed E-state index contributed by atoms with van der Waals surface area (Å²) in [6.07, 6.45) is 1.75. The zero-order valence-electron chi connectivity index (χ0n) is 12.6. The van der Waals surface area contributed by atoms with E-state index in [1.165, 1.54) is 0 Å². The van der Waals surface area contributed by atoms with Gasteiger partial charge in [0.15, 0.2) is 0 Å². The van der Waals surface area contributed by atoms with Crippen LogP contribution in [0.5, 0.6) is 11.5 Å². The number of ether oxygens (including phenoxy) is 2. The lowest BCUT2D eigenvalue weighted by atomic mass is 9.80. The van der Waals surface area contributed by atoms with E-state index in [0.717, 1.165) is 33.4 Å². The molecule has 0 saturated heterocycles. The van der Waals surface area contributed by atoms with Gasteiger partial charge in [0.2, 0.25) is 5.71 Å². The van der Waals surface area contributed by atoms with Gasteiger partial charge < -0.3 is 13.9 Å². The van der Waals surface area contributed by atoms with Gasteiger partial charge in [-0.25, -0.2) is 4.98 Å². The van der Waals surface area contributed by atoms with Crippen LogP contribution >= 0.6 is 0 Å². The number of rotatable bonds is 1. The minimum Gasteiger partial charge on any atom is -0.495 e. The van der Waals surface area contributed by atoms with Gasteiger partial charge in [-0.15, -0.1) is 0 Å². The lowest BCUT2D eigenvalue weighted by molar-refractivity contribution is 0.186. The molecule has 4 heteroatoms. The van der Waals surface area contributed by atoms with Gasteiger partial charge in [-0.3, -0.25) is 0 Å². The number of nitrogens with zero attached hydrogens (tertiary/aromatic N) is 1. The zero-order valence-corrected chi connectivity index (χ0v) is 12.6. The van der Waals surface area contributed by atoms with E-state index in [2.05, 4.69) is 20.8 Å². The third kappa shape index (κ3) is 1.47. The first-order chi connectivity index (χ1) is 10.0. The Morgan fingerprint density at radius 3 is 2.76 bits per heavy atom. The maximum absolute atomic E-state index is 5.99. The van der Waals surface area contributed by atoms with Gasteiger partial charge in [-0.2, -0.15) is 0 Å². The molecule has 3 aromatic rings. The van der Waals surface area contributed by atoms with Crippen molar-refractivity contribution < 1.29 is 13.9 Å². The third-order valence-electron chi connectivity index (χ3n) is 4.66. The van der Waals surface area contributed by atoms with Gasteiger partial charge in [-0.1, -0.05) is 13.8 Å². The molecule has 1 aromatic carbocycles. The summed E-state index contributed by atoms with van der Waals surface area (Å²) in [6.45, 7) is 6.46. The first-order valence-electron chi connectivity index (χ1n) is 7.09. The molecule has 0 bridgehead atoms. The summed E-state index contributed by atoms with van der Waals surface area (Å²) in [5.74, 6) is 1.71. The summed E-state index contributed by atoms with van der Waals surface area (Å²) < 4.78 is 17.1. The molecule has 0 amide bonds. The molecule has 0 unspecified atom stereocenters. The molecule has 0 fully saturated rings. The van der Waals surface area contributed by atoms with Gasteiger partial charge in [0.1, 0.15) is 17.6 Å². The number of hydrogen-bond donors (Lipinski definition) is 0. The number of fused-ring (bicyclic) bond motifs is 4. The SMILES string of the molecule is COc1c2ccoc2nc2c3c(ccc12)O[C@@H](C)C3(C)C. The number of methoxy groups -OCH3 is 1. The van der Waals surface area contributed by atoms with Crippen LogP contribution in [-0.4, -0.2) is 18.2 Å². The highest BCUT2D eigenvalue weighted by Crippen LogP contribution is 2.48. The Kier molecular flexibility index (Phi) is 2.33. The molecule has 4 rings (SSSR count). The van der Waals surface area contributed by atoms with Crippen LogP contribution in [0.15, 0.2) is 28.9 Å². The number of pyridine rings is 1. The molecule has 0 saturated carbocycles. The molecule has 3 heterocycles. The first kappa shape index (κ1) is 12.5. The second-order valence-corrected chi connectivity index (χ2v) is 6.10. The van der Waals surface area contributed by atoms with Crippen LogP contribution in [0.3, 0.4) is 0 Å². The monoisotopic (exact) mass is 283 g/mol. The zero-order chi connectivity index (χ0) is 14.8. The Labute approximate surface area is 122 Å². The highest BCUT2D eigenvalue weighted by Gasteiger charge is 2.41. The molecule has 108 valence electrons. The van der Waals surface area contributed by atoms with Crippen LogP contribution in [0, 0.1) is 0 Å². The number of hydrogen-bond acceptors (Lipinski definition) is 4.